The van der Waals surface area contributed by atoms with Gasteiger partial charge in [0.1, 0.15) is 12.4 Å². The van der Waals surface area contributed by atoms with E-state index in [1.54, 1.807) is 36.4 Å². The number of aryl methyl sites for hydroxylation is 1. The number of hydrogen-bond donors (Lipinski definition) is 0. The van der Waals surface area contributed by atoms with Crippen molar-refractivity contribution >= 4 is 32.8 Å². The zero-order valence-corrected chi connectivity index (χ0v) is 14.7. The van der Waals surface area contributed by atoms with Crippen LogP contribution in [0.15, 0.2) is 58.1 Å². The molecule has 0 aliphatic heterocycles. The van der Waals surface area contributed by atoms with Gasteiger partial charge in [0.25, 0.3) is 5.56 Å². The molecule has 0 radical (unpaired) electrons. The molecule has 128 valence electrons. The van der Waals surface area contributed by atoms with E-state index in [2.05, 4.69) is 20.9 Å². The van der Waals surface area contributed by atoms with Crippen LogP contribution in [-0.2, 0) is 22.7 Å². The van der Waals surface area contributed by atoms with Crippen LogP contribution in [0.4, 0.5) is 4.39 Å². The monoisotopic (exact) mass is 404 g/mol. The molecule has 5 nitrogen and oxygen atoms in total. The summed E-state index contributed by atoms with van der Waals surface area (Å²) in [5, 5.41) is 0.469. The molecule has 0 aliphatic carbocycles. The fraction of sp³-hybridized carbons (Fsp3) is 0.167. The van der Waals surface area contributed by atoms with Crippen LogP contribution in [0.5, 0.6) is 0 Å². The Morgan fingerprint density at radius 3 is 2.84 bits per heavy atom. The van der Waals surface area contributed by atoms with Crippen molar-refractivity contribution in [2.45, 2.75) is 19.6 Å². The maximum Gasteiger partial charge on any atom is 0.307 e. The normalized spacial score (nSPS) is 10.8. The van der Waals surface area contributed by atoms with E-state index >= 15 is 0 Å². The van der Waals surface area contributed by atoms with Crippen LogP contribution < -0.4 is 5.56 Å². The van der Waals surface area contributed by atoms with E-state index in [1.807, 2.05) is 0 Å². The van der Waals surface area contributed by atoms with Crippen LogP contribution in [0.2, 0.25) is 0 Å². The van der Waals surface area contributed by atoms with Crippen LogP contribution in [0.3, 0.4) is 0 Å². The van der Waals surface area contributed by atoms with Gasteiger partial charge in [-0.05, 0) is 24.3 Å². The number of fused-ring (bicyclic) bond motifs is 1. The highest BCUT2D eigenvalue weighted by Crippen LogP contribution is 2.15. The number of ether oxygens (including phenoxy) is 1. The average molecular weight is 405 g/mol. The quantitative estimate of drug-likeness (QED) is 0.611. The van der Waals surface area contributed by atoms with Crippen molar-refractivity contribution in [1.29, 1.82) is 0 Å². The van der Waals surface area contributed by atoms with Gasteiger partial charge in [0, 0.05) is 16.6 Å². The van der Waals surface area contributed by atoms with Crippen LogP contribution in [0, 0.1) is 5.82 Å². The maximum atomic E-state index is 13.5. The highest BCUT2D eigenvalue weighted by atomic mass is 79.9. The summed E-state index contributed by atoms with van der Waals surface area (Å²) < 4.78 is 20.7. The molecule has 0 spiro atoms. The van der Waals surface area contributed by atoms with E-state index in [9.17, 15) is 14.0 Å². The van der Waals surface area contributed by atoms with Crippen molar-refractivity contribution in [3.63, 3.8) is 0 Å². The van der Waals surface area contributed by atoms with Crippen molar-refractivity contribution in [3.05, 3.63) is 75.0 Å². The zero-order valence-electron chi connectivity index (χ0n) is 13.1. The van der Waals surface area contributed by atoms with Gasteiger partial charge in [-0.1, -0.05) is 34.1 Å². The fourth-order valence-corrected chi connectivity index (χ4v) is 2.71. The highest BCUT2D eigenvalue weighted by Gasteiger charge is 2.09. The highest BCUT2D eigenvalue weighted by molar-refractivity contribution is 9.10. The van der Waals surface area contributed by atoms with E-state index in [0.29, 0.717) is 16.5 Å². The molecular formula is C18H14BrFN2O3. The number of carbonyl (C=O) groups excluding carboxylic acids is 1. The Morgan fingerprint density at radius 2 is 2.04 bits per heavy atom. The lowest BCUT2D eigenvalue weighted by Gasteiger charge is -2.08. The van der Waals surface area contributed by atoms with Crippen molar-refractivity contribution in [1.82, 2.24) is 9.55 Å². The number of aromatic nitrogens is 2. The largest absolute Gasteiger partial charge is 0.461 e. The molecule has 0 bridgehead atoms. The molecule has 0 N–H and O–H groups in total. The second-order valence-electron chi connectivity index (χ2n) is 5.41. The Hall–Kier alpha value is -2.54. The summed E-state index contributed by atoms with van der Waals surface area (Å²) in [7, 11) is 0. The van der Waals surface area contributed by atoms with E-state index in [4.69, 9.17) is 4.74 Å². The van der Waals surface area contributed by atoms with Crippen molar-refractivity contribution in [2.75, 3.05) is 0 Å². The Bertz CT molecular complexity index is 987. The second kappa shape index (κ2) is 7.57. The summed E-state index contributed by atoms with van der Waals surface area (Å²) in [6.45, 7) is 0.00765. The third-order valence-corrected chi connectivity index (χ3v) is 4.18. The van der Waals surface area contributed by atoms with Gasteiger partial charge in [-0.25, -0.2) is 9.37 Å². The summed E-state index contributed by atoms with van der Waals surface area (Å²) in [5.41, 5.74) is 0.671. The molecule has 1 aromatic heterocycles. The van der Waals surface area contributed by atoms with Gasteiger partial charge >= 0.3 is 5.97 Å². The Kier molecular flexibility index (Phi) is 5.23. The Labute approximate surface area is 151 Å². The van der Waals surface area contributed by atoms with Gasteiger partial charge in [-0.2, -0.15) is 0 Å². The summed E-state index contributed by atoms with van der Waals surface area (Å²) in [6, 6.07) is 11.3. The predicted molar refractivity (Wildman–Crippen MR) is 94.5 cm³/mol. The Balaban J connectivity index is 1.64. The SMILES string of the molecule is O=C(CCn1cnc2ccc(Br)cc2c1=O)OCc1ccccc1F. The molecule has 0 unspecified atom stereocenters. The first-order chi connectivity index (χ1) is 12.0. The van der Waals surface area contributed by atoms with Crippen molar-refractivity contribution in [3.8, 4) is 0 Å². The number of rotatable bonds is 5. The molecule has 1 heterocycles. The zero-order chi connectivity index (χ0) is 17.8. The maximum absolute atomic E-state index is 13.5. The van der Waals surface area contributed by atoms with E-state index in [-0.39, 0.29) is 25.1 Å². The molecule has 0 amide bonds. The lowest BCUT2D eigenvalue weighted by atomic mass is 10.2. The standard InChI is InChI=1S/C18H14BrFN2O3/c19-13-5-6-16-14(9-13)18(24)22(11-21-16)8-7-17(23)25-10-12-3-1-2-4-15(12)20/h1-6,9,11H,7-8,10H2. The van der Waals surface area contributed by atoms with Gasteiger partial charge in [0.15, 0.2) is 0 Å². The number of halogens is 2. The number of benzene rings is 2. The van der Waals surface area contributed by atoms with Crippen molar-refractivity contribution in [2.24, 2.45) is 0 Å². The first kappa shape index (κ1) is 17.3. The third kappa shape index (κ3) is 4.11. The summed E-state index contributed by atoms with van der Waals surface area (Å²) in [5.74, 6) is -0.930. The molecule has 2 aromatic carbocycles. The topological polar surface area (TPSA) is 61.2 Å². The summed E-state index contributed by atoms with van der Waals surface area (Å²) in [6.07, 6.45) is 1.40. The van der Waals surface area contributed by atoms with Gasteiger partial charge < -0.3 is 4.74 Å². The third-order valence-electron chi connectivity index (χ3n) is 3.69. The van der Waals surface area contributed by atoms with Crippen LogP contribution in [0.25, 0.3) is 10.9 Å². The van der Waals surface area contributed by atoms with Crippen molar-refractivity contribution < 1.29 is 13.9 Å². The van der Waals surface area contributed by atoms with Crippen LogP contribution in [0.1, 0.15) is 12.0 Å². The molecule has 0 saturated carbocycles. The first-order valence-electron chi connectivity index (χ1n) is 7.58. The molecule has 0 saturated heterocycles. The number of carbonyl (C=O) groups is 1. The Morgan fingerprint density at radius 1 is 1.24 bits per heavy atom. The number of esters is 1. The fourth-order valence-electron chi connectivity index (χ4n) is 2.35. The van der Waals surface area contributed by atoms with E-state index in [1.165, 1.54) is 17.0 Å². The van der Waals surface area contributed by atoms with Crippen LogP contribution in [-0.4, -0.2) is 15.5 Å². The average Bonchev–Trinajstić information content (AvgIpc) is 2.61. The lowest BCUT2D eigenvalue weighted by molar-refractivity contribution is -0.145. The van der Waals surface area contributed by atoms with Gasteiger partial charge in [0.2, 0.25) is 0 Å². The predicted octanol–water partition coefficient (Wildman–Crippen LogP) is 3.43. The lowest BCUT2D eigenvalue weighted by Crippen LogP contribution is -2.22. The van der Waals surface area contributed by atoms with Gasteiger partial charge in [0.05, 0.1) is 23.7 Å². The second-order valence-corrected chi connectivity index (χ2v) is 6.32. The molecule has 0 fully saturated rings. The van der Waals surface area contributed by atoms with E-state index < -0.39 is 11.8 Å². The smallest absolute Gasteiger partial charge is 0.307 e. The first-order valence-corrected chi connectivity index (χ1v) is 8.37. The number of hydrogen-bond acceptors (Lipinski definition) is 4. The summed E-state index contributed by atoms with van der Waals surface area (Å²) >= 11 is 3.32. The minimum Gasteiger partial charge on any atom is -0.461 e. The van der Waals surface area contributed by atoms with Gasteiger partial charge in [-0.15, -0.1) is 0 Å². The molecule has 25 heavy (non-hydrogen) atoms. The number of nitrogens with zero attached hydrogens (tertiary/aromatic N) is 2. The molecule has 3 rings (SSSR count). The molecule has 7 heteroatoms. The summed E-state index contributed by atoms with van der Waals surface area (Å²) in [4.78, 5) is 28.5. The molecule has 3 aromatic rings. The van der Waals surface area contributed by atoms with E-state index in [0.717, 1.165) is 4.47 Å². The molecular weight excluding hydrogens is 391 g/mol. The minimum atomic E-state index is -0.510. The van der Waals surface area contributed by atoms with Crippen LogP contribution >= 0.6 is 15.9 Å². The van der Waals surface area contributed by atoms with Gasteiger partial charge in [-0.3, -0.25) is 14.2 Å². The minimum absolute atomic E-state index is 0.00442. The molecule has 0 atom stereocenters. The molecule has 0 aliphatic rings.